The average Bonchev–Trinajstić information content (AvgIpc) is 3.17. The van der Waals surface area contributed by atoms with Gasteiger partial charge < -0.3 is 9.72 Å². The zero-order chi connectivity index (χ0) is 19.8. The number of aromatic nitrogens is 2. The van der Waals surface area contributed by atoms with Gasteiger partial charge in [-0.05, 0) is 53.6 Å². The Bertz CT molecular complexity index is 1340. The SMILES string of the molecule is Cc1ccn2cc(-c3ccc(NC(=O)c4cccc5ccccc45)cc3)nc2c1. The summed E-state index contributed by atoms with van der Waals surface area (Å²) in [5.74, 6) is -0.113. The van der Waals surface area contributed by atoms with Crippen LogP contribution in [-0.2, 0) is 0 Å². The molecule has 2 heterocycles. The molecule has 3 aromatic carbocycles. The number of imidazole rings is 1. The Kier molecular flexibility index (Phi) is 4.10. The monoisotopic (exact) mass is 377 g/mol. The van der Waals surface area contributed by atoms with Gasteiger partial charge in [-0.3, -0.25) is 4.79 Å². The number of benzene rings is 3. The van der Waals surface area contributed by atoms with Crippen LogP contribution in [0.4, 0.5) is 5.69 Å². The third-order valence-corrected chi connectivity index (χ3v) is 5.09. The van der Waals surface area contributed by atoms with E-state index in [1.54, 1.807) is 0 Å². The lowest BCUT2D eigenvalue weighted by Crippen LogP contribution is -2.12. The van der Waals surface area contributed by atoms with Gasteiger partial charge in [0.05, 0.1) is 5.69 Å². The van der Waals surface area contributed by atoms with E-state index < -0.39 is 0 Å². The smallest absolute Gasteiger partial charge is 0.256 e. The predicted molar refractivity (Wildman–Crippen MR) is 117 cm³/mol. The number of anilines is 1. The maximum absolute atomic E-state index is 12.8. The van der Waals surface area contributed by atoms with E-state index in [0.717, 1.165) is 33.4 Å². The van der Waals surface area contributed by atoms with E-state index in [1.165, 1.54) is 5.56 Å². The van der Waals surface area contributed by atoms with Crippen molar-refractivity contribution < 1.29 is 4.79 Å². The maximum Gasteiger partial charge on any atom is 0.256 e. The van der Waals surface area contributed by atoms with Gasteiger partial charge in [-0.2, -0.15) is 0 Å². The molecule has 0 atom stereocenters. The number of hydrogen-bond acceptors (Lipinski definition) is 2. The number of fused-ring (bicyclic) bond motifs is 2. The highest BCUT2D eigenvalue weighted by Gasteiger charge is 2.10. The highest BCUT2D eigenvalue weighted by Crippen LogP contribution is 2.23. The zero-order valence-corrected chi connectivity index (χ0v) is 16.0. The zero-order valence-electron chi connectivity index (χ0n) is 16.0. The number of carbonyl (C=O) groups excluding carboxylic acids is 1. The molecule has 0 saturated carbocycles. The van der Waals surface area contributed by atoms with Crippen molar-refractivity contribution in [3.8, 4) is 11.3 Å². The normalized spacial score (nSPS) is 11.1. The van der Waals surface area contributed by atoms with Gasteiger partial charge in [0, 0.05) is 29.2 Å². The molecule has 29 heavy (non-hydrogen) atoms. The van der Waals surface area contributed by atoms with Crippen molar-refractivity contribution in [3.05, 3.63) is 102 Å². The summed E-state index contributed by atoms with van der Waals surface area (Å²) in [6, 6.07) is 25.6. The van der Waals surface area contributed by atoms with Crippen molar-refractivity contribution in [2.45, 2.75) is 6.92 Å². The maximum atomic E-state index is 12.8. The summed E-state index contributed by atoms with van der Waals surface area (Å²) < 4.78 is 2.01. The molecule has 0 bridgehead atoms. The minimum absolute atomic E-state index is 0.113. The molecular formula is C25H19N3O. The van der Waals surface area contributed by atoms with Crippen LogP contribution in [0.15, 0.2) is 91.3 Å². The van der Waals surface area contributed by atoms with E-state index in [9.17, 15) is 4.79 Å². The molecule has 5 aromatic rings. The summed E-state index contributed by atoms with van der Waals surface area (Å²) in [5, 5.41) is 5.00. The molecule has 4 heteroatoms. The third-order valence-electron chi connectivity index (χ3n) is 5.09. The first kappa shape index (κ1) is 17.2. The Labute approximate surface area is 168 Å². The fourth-order valence-corrected chi connectivity index (χ4v) is 3.57. The molecule has 0 aliphatic rings. The number of nitrogens with zero attached hydrogens (tertiary/aromatic N) is 2. The Balaban J connectivity index is 1.40. The Morgan fingerprint density at radius 1 is 0.931 bits per heavy atom. The average molecular weight is 377 g/mol. The summed E-state index contributed by atoms with van der Waals surface area (Å²) >= 11 is 0. The molecule has 2 aromatic heterocycles. The lowest BCUT2D eigenvalue weighted by Gasteiger charge is -2.08. The van der Waals surface area contributed by atoms with Crippen LogP contribution in [0.25, 0.3) is 27.7 Å². The van der Waals surface area contributed by atoms with Gasteiger partial charge in [-0.15, -0.1) is 0 Å². The van der Waals surface area contributed by atoms with Crippen molar-refractivity contribution in [2.24, 2.45) is 0 Å². The lowest BCUT2D eigenvalue weighted by molar-refractivity contribution is 0.102. The van der Waals surface area contributed by atoms with Crippen LogP contribution < -0.4 is 5.32 Å². The molecule has 0 aliphatic heterocycles. The van der Waals surface area contributed by atoms with E-state index in [-0.39, 0.29) is 5.91 Å². The molecule has 0 aliphatic carbocycles. The van der Waals surface area contributed by atoms with E-state index >= 15 is 0 Å². The van der Waals surface area contributed by atoms with Crippen molar-refractivity contribution in [3.63, 3.8) is 0 Å². The molecule has 1 N–H and O–H groups in total. The number of aryl methyl sites for hydroxylation is 1. The van der Waals surface area contributed by atoms with Gasteiger partial charge in [0.1, 0.15) is 5.65 Å². The molecule has 0 spiro atoms. The van der Waals surface area contributed by atoms with Crippen LogP contribution in [0.1, 0.15) is 15.9 Å². The summed E-state index contributed by atoms with van der Waals surface area (Å²) in [5.41, 5.74) is 5.45. The molecule has 0 radical (unpaired) electrons. The Morgan fingerprint density at radius 2 is 1.72 bits per heavy atom. The van der Waals surface area contributed by atoms with Crippen LogP contribution in [-0.4, -0.2) is 15.3 Å². The fourth-order valence-electron chi connectivity index (χ4n) is 3.57. The van der Waals surface area contributed by atoms with Gasteiger partial charge in [0.25, 0.3) is 5.91 Å². The van der Waals surface area contributed by atoms with Gasteiger partial charge in [0.2, 0.25) is 0 Å². The highest BCUT2D eigenvalue weighted by atomic mass is 16.1. The van der Waals surface area contributed by atoms with Crippen molar-refractivity contribution in [1.82, 2.24) is 9.38 Å². The summed E-state index contributed by atoms with van der Waals surface area (Å²) in [7, 11) is 0. The second kappa shape index (κ2) is 6.91. The molecule has 0 saturated heterocycles. The summed E-state index contributed by atoms with van der Waals surface area (Å²) in [6.45, 7) is 2.06. The van der Waals surface area contributed by atoms with E-state index in [2.05, 4.69) is 24.4 Å². The first-order valence-corrected chi connectivity index (χ1v) is 9.52. The van der Waals surface area contributed by atoms with Gasteiger partial charge in [-0.25, -0.2) is 4.98 Å². The first-order chi connectivity index (χ1) is 14.2. The number of nitrogens with one attached hydrogen (secondary N) is 1. The second-order valence-corrected chi connectivity index (χ2v) is 7.15. The Morgan fingerprint density at radius 3 is 2.59 bits per heavy atom. The van der Waals surface area contributed by atoms with Crippen LogP contribution in [0.3, 0.4) is 0 Å². The van der Waals surface area contributed by atoms with Crippen LogP contribution in [0.2, 0.25) is 0 Å². The molecule has 4 nitrogen and oxygen atoms in total. The Hall–Kier alpha value is -3.92. The van der Waals surface area contributed by atoms with Crippen molar-refractivity contribution >= 4 is 28.0 Å². The summed E-state index contributed by atoms with van der Waals surface area (Å²) in [4.78, 5) is 17.5. The van der Waals surface area contributed by atoms with Crippen LogP contribution in [0, 0.1) is 6.92 Å². The fraction of sp³-hybridized carbons (Fsp3) is 0.0400. The van der Waals surface area contributed by atoms with E-state index in [4.69, 9.17) is 4.98 Å². The van der Waals surface area contributed by atoms with Gasteiger partial charge in [-0.1, -0.05) is 48.5 Å². The lowest BCUT2D eigenvalue weighted by atomic mass is 10.0. The molecule has 1 amide bonds. The first-order valence-electron chi connectivity index (χ1n) is 9.52. The van der Waals surface area contributed by atoms with Gasteiger partial charge in [0.15, 0.2) is 0 Å². The van der Waals surface area contributed by atoms with Gasteiger partial charge >= 0.3 is 0 Å². The van der Waals surface area contributed by atoms with E-state index in [0.29, 0.717) is 5.56 Å². The second-order valence-electron chi connectivity index (χ2n) is 7.15. The number of carbonyl (C=O) groups is 1. The molecular weight excluding hydrogens is 358 g/mol. The quantitative estimate of drug-likeness (QED) is 0.437. The number of amides is 1. The summed E-state index contributed by atoms with van der Waals surface area (Å²) in [6.07, 6.45) is 4.03. The van der Waals surface area contributed by atoms with Crippen molar-refractivity contribution in [1.29, 1.82) is 0 Å². The van der Waals surface area contributed by atoms with Crippen LogP contribution in [0.5, 0.6) is 0 Å². The third kappa shape index (κ3) is 3.25. The van der Waals surface area contributed by atoms with Crippen LogP contribution >= 0.6 is 0 Å². The minimum atomic E-state index is -0.113. The molecule has 0 unspecified atom stereocenters. The molecule has 5 rings (SSSR count). The topological polar surface area (TPSA) is 46.4 Å². The van der Waals surface area contributed by atoms with Crippen molar-refractivity contribution in [2.75, 3.05) is 5.32 Å². The highest BCUT2D eigenvalue weighted by molar-refractivity contribution is 6.12. The molecule has 140 valence electrons. The number of hydrogen-bond donors (Lipinski definition) is 1. The minimum Gasteiger partial charge on any atom is -0.322 e. The number of rotatable bonds is 3. The number of pyridine rings is 1. The largest absolute Gasteiger partial charge is 0.322 e. The molecule has 0 fully saturated rings. The van der Waals surface area contributed by atoms with E-state index in [1.807, 2.05) is 83.5 Å². The standard InChI is InChI=1S/C25H19N3O/c1-17-13-14-28-16-23(27-24(28)15-17)19-9-11-20(12-10-19)26-25(29)22-8-4-6-18-5-2-3-7-21(18)22/h2-16H,1H3,(H,26,29). The predicted octanol–water partition coefficient (Wildman–Crippen LogP) is 5.72.